The number of hydrogen-bond donors (Lipinski definition) is 5. The number of rotatable bonds is 17. The molecule has 5 N–H and O–H groups in total. The van der Waals surface area contributed by atoms with Gasteiger partial charge in [-0.3, -0.25) is 29.2 Å². The SMILES string of the molecule is CCCNC(=O)CCN1C(=O)CC(SC)C1=O.CCNC(=O)OCC(COC(=O)NCC)OCCCC(=O)NC.[2H]N=P. The van der Waals surface area contributed by atoms with Crippen molar-refractivity contribution in [3.63, 3.8) is 0 Å². The first-order valence-electron chi connectivity index (χ1n) is 14.1. The summed E-state index contributed by atoms with van der Waals surface area (Å²) < 4.78 is 21.2. The number of hydrogen-bond acceptors (Lipinski definition) is 11. The van der Waals surface area contributed by atoms with E-state index in [1.54, 1.807) is 20.9 Å². The van der Waals surface area contributed by atoms with Crippen LogP contribution in [0.1, 0.15) is 52.9 Å². The Labute approximate surface area is 255 Å². The van der Waals surface area contributed by atoms with Crippen LogP contribution in [0.3, 0.4) is 0 Å². The highest BCUT2D eigenvalue weighted by Gasteiger charge is 2.37. The molecular weight excluding hydrogens is 591 g/mol. The Bertz CT molecular complexity index is 853. The number of imide groups is 1. The standard InChI is InChI=1S/C14H27N3O6.C11H18N2O3S.H2NP/c1-4-16-13(19)22-9-11(10-23-14(20)17-5-2)21-8-6-7-12(18)15-3;1-3-5-12-9(14)4-6-13-10(15)7-8(17-2)11(13)16;1-2/h11H,4-10H2,1-3H3,(H,15,18)(H,16,19)(H,17,20);8H,3-7H2,1-2H3,(H,12,14);1-2H/i/hD. The Morgan fingerprint density at radius 2 is 1.62 bits per heavy atom. The van der Waals surface area contributed by atoms with Crippen molar-refractivity contribution < 1.29 is 44.4 Å². The third-order valence-corrected chi connectivity index (χ3v) is 6.18. The number of alkyl carbamates (subject to hydrolysis) is 2. The lowest BCUT2D eigenvalue weighted by Crippen LogP contribution is -2.35. The molecule has 6 amide bonds. The fourth-order valence-corrected chi connectivity index (χ4v) is 3.76. The Hall–Kier alpha value is -2.97. The largest absolute Gasteiger partial charge is 0.447 e. The van der Waals surface area contributed by atoms with Gasteiger partial charge in [0, 0.05) is 59.1 Å². The van der Waals surface area contributed by atoms with Gasteiger partial charge in [-0.05, 0) is 42.0 Å². The summed E-state index contributed by atoms with van der Waals surface area (Å²) in [5.74, 6) is -0.522. The zero-order valence-corrected chi connectivity index (χ0v) is 26.9. The van der Waals surface area contributed by atoms with Crippen LogP contribution < -0.4 is 21.3 Å². The van der Waals surface area contributed by atoms with Crippen LogP contribution in [0.2, 0.25) is 1.41 Å². The molecule has 1 aliphatic heterocycles. The summed E-state index contributed by atoms with van der Waals surface area (Å²) in [6, 6.07) is 0. The van der Waals surface area contributed by atoms with Crippen molar-refractivity contribution in [2.45, 2.75) is 64.2 Å². The molecule has 1 saturated heterocycles. The molecular formula is C25H47N6O9PS. The highest BCUT2D eigenvalue weighted by molar-refractivity contribution is 8.00. The van der Waals surface area contributed by atoms with E-state index in [4.69, 9.17) is 15.6 Å². The number of likely N-dealkylation sites (tertiary alicyclic amines) is 1. The fourth-order valence-electron chi connectivity index (χ4n) is 3.12. The van der Waals surface area contributed by atoms with E-state index in [-0.39, 0.29) is 68.1 Å². The van der Waals surface area contributed by atoms with Crippen LogP contribution in [-0.2, 0) is 33.4 Å². The average Bonchev–Trinajstić information content (AvgIpc) is 3.26. The quantitative estimate of drug-likeness (QED) is 0.0884. The van der Waals surface area contributed by atoms with Crippen LogP contribution in [0.5, 0.6) is 0 Å². The number of ether oxygens (including phenoxy) is 3. The summed E-state index contributed by atoms with van der Waals surface area (Å²) in [5, 5.41) is 12.5. The number of nitrogens with one attached hydrogen (secondary N) is 5. The van der Waals surface area contributed by atoms with E-state index in [2.05, 4.69) is 35.5 Å². The molecule has 0 radical (unpaired) electrons. The number of carbonyl (C=O) groups is 6. The third kappa shape index (κ3) is 20.0. The lowest BCUT2D eigenvalue weighted by atomic mass is 10.3. The van der Waals surface area contributed by atoms with E-state index < -0.39 is 18.3 Å². The Morgan fingerprint density at radius 3 is 2.07 bits per heavy atom. The van der Waals surface area contributed by atoms with Crippen LogP contribution in [-0.4, -0.2) is 111 Å². The maximum absolute atomic E-state index is 11.7. The minimum absolute atomic E-state index is 0.0504. The first-order valence-corrected chi connectivity index (χ1v) is 15.4. The zero-order valence-electron chi connectivity index (χ0n) is 26.1. The van der Waals surface area contributed by atoms with Crippen molar-refractivity contribution in [2.75, 3.05) is 59.3 Å². The van der Waals surface area contributed by atoms with Gasteiger partial charge in [0.1, 0.15) is 19.3 Å². The highest BCUT2D eigenvalue weighted by atomic mass is 32.2. The number of nitrogens with zero attached hydrogens (tertiary/aromatic N) is 1. The predicted octanol–water partition coefficient (Wildman–Crippen LogP) is 1.67. The number of thioether (sulfide) groups is 1. The minimum Gasteiger partial charge on any atom is -0.447 e. The van der Waals surface area contributed by atoms with E-state index in [1.807, 2.05) is 13.2 Å². The van der Waals surface area contributed by atoms with Crippen molar-refractivity contribution in [3.05, 3.63) is 0 Å². The molecule has 0 aromatic rings. The van der Waals surface area contributed by atoms with Crippen molar-refractivity contribution >= 4 is 56.6 Å². The Balaban J connectivity index is 0. The van der Waals surface area contributed by atoms with Crippen LogP contribution in [0.25, 0.3) is 0 Å². The number of amides is 6. The molecule has 1 rings (SSSR count). The minimum atomic E-state index is -0.593. The normalized spacial score (nSPS) is 13.9. The monoisotopic (exact) mass is 639 g/mol. The highest BCUT2D eigenvalue weighted by Crippen LogP contribution is 2.22. The summed E-state index contributed by atoms with van der Waals surface area (Å²) >= 11 is 1.38. The van der Waals surface area contributed by atoms with E-state index >= 15 is 0 Å². The van der Waals surface area contributed by atoms with Gasteiger partial charge in [-0.1, -0.05) is 6.92 Å². The van der Waals surface area contributed by atoms with Gasteiger partial charge in [0.05, 0.1) is 5.25 Å². The molecule has 0 aromatic heterocycles. The fraction of sp³-hybridized carbons (Fsp3) is 0.760. The van der Waals surface area contributed by atoms with E-state index in [0.717, 1.165) is 6.42 Å². The molecule has 17 heteroatoms. The van der Waals surface area contributed by atoms with E-state index in [0.29, 0.717) is 32.5 Å². The molecule has 0 saturated carbocycles. The molecule has 0 bridgehead atoms. The lowest BCUT2D eigenvalue weighted by Gasteiger charge is -2.18. The third-order valence-electron chi connectivity index (χ3n) is 5.25. The first-order chi connectivity index (χ1) is 20.5. The molecule has 0 aromatic carbocycles. The zero-order chi connectivity index (χ0) is 33.0. The van der Waals surface area contributed by atoms with E-state index in [9.17, 15) is 28.8 Å². The average molecular weight is 640 g/mol. The second-order valence-corrected chi connectivity index (χ2v) is 9.48. The van der Waals surface area contributed by atoms with Crippen molar-refractivity contribution in [2.24, 2.45) is 0 Å². The second-order valence-electron chi connectivity index (χ2n) is 8.44. The van der Waals surface area contributed by atoms with Gasteiger partial charge in [0.25, 0.3) is 0 Å². The summed E-state index contributed by atoms with van der Waals surface area (Å²) in [4.78, 5) is 69.5. The van der Waals surface area contributed by atoms with Crippen LogP contribution in [0.15, 0.2) is 0 Å². The predicted molar refractivity (Wildman–Crippen MR) is 161 cm³/mol. The maximum atomic E-state index is 11.7. The first kappa shape index (κ1) is 39.0. The lowest BCUT2D eigenvalue weighted by molar-refractivity contribution is -0.138. The van der Waals surface area contributed by atoms with Crippen molar-refractivity contribution in [1.82, 2.24) is 26.2 Å². The van der Waals surface area contributed by atoms with Crippen molar-refractivity contribution in [1.29, 1.82) is 5.15 Å². The summed E-state index contributed by atoms with van der Waals surface area (Å²) in [6.07, 6.45) is 2.26. The topological polar surface area (TPSA) is 205 Å². The van der Waals surface area contributed by atoms with Crippen LogP contribution in [0.4, 0.5) is 9.59 Å². The molecule has 1 aliphatic rings. The van der Waals surface area contributed by atoms with Crippen LogP contribution in [0, 0.1) is 5.15 Å². The molecule has 242 valence electrons. The molecule has 15 nitrogen and oxygen atoms in total. The molecule has 0 spiro atoms. The molecule has 1 heterocycles. The molecule has 1 fully saturated rings. The van der Waals surface area contributed by atoms with Gasteiger partial charge in [-0.15, -0.1) is 0 Å². The summed E-state index contributed by atoms with van der Waals surface area (Å²) in [6.45, 7) is 7.43. The van der Waals surface area contributed by atoms with Gasteiger partial charge in [0.2, 0.25) is 23.6 Å². The molecule has 42 heavy (non-hydrogen) atoms. The van der Waals surface area contributed by atoms with Gasteiger partial charge in [-0.2, -0.15) is 11.8 Å². The van der Waals surface area contributed by atoms with Gasteiger partial charge in [0.15, 0.2) is 1.41 Å². The van der Waals surface area contributed by atoms with Crippen molar-refractivity contribution in [3.8, 4) is 0 Å². The molecule has 1 atom stereocenters. The van der Waals surface area contributed by atoms with Gasteiger partial charge in [-0.25, -0.2) is 9.59 Å². The maximum Gasteiger partial charge on any atom is 0.407 e. The van der Waals surface area contributed by atoms with Gasteiger partial charge < -0.3 is 35.5 Å². The van der Waals surface area contributed by atoms with Crippen LogP contribution >= 0.6 is 20.8 Å². The number of carbonyl (C=O) groups excluding carboxylic acids is 6. The molecule has 0 aliphatic carbocycles. The Kier molecular flexibility index (Phi) is 25.0. The summed E-state index contributed by atoms with van der Waals surface area (Å²) in [7, 11) is 4.04. The van der Waals surface area contributed by atoms with E-state index in [1.165, 1.54) is 16.7 Å². The second kappa shape index (κ2) is 26.9. The molecule has 1 unspecified atom stereocenters. The Morgan fingerprint density at radius 1 is 1.05 bits per heavy atom. The smallest absolute Gasteiger partial charge is 0.407 e. The summed E-state index contributed by atoms with van der Waals surface area (Å²) in [5.41, 5.74) is 0. The van der Waals surface area contributed by atoms with Gasteiger partial charge >= 0.3 is 12.2 Å².